The van der Waals surface area contributed by atoms with Gasteiger partial charge in [0.25, 0.3) is 0 Å². The van der Waals surface area contributed by atoms with Gasteiger partial charge in [0.05, 0.1) is 18.4 Å². The second-order valence-corrected chi connectivity index (χ2v) is 5.38. The lowest BCUT2D eigenvalue weighted by molar-refractivity contribution is 0.0600. The quantitative estimate of drug-likeness (QED) is 0.532. The summed E-state index contributed by atoms with van der Waals surface area (Å²) in [5.41, 5.74) is 9.24. The average Bonchev–Trinajstić information content (AvgIpc) is 2.46. The Morgan fingerprint density at radius 1 is 1.35 bits per heavy atom. The van der Waals surface area contributed by atoms with Gasteiger partial charge in [-0.15, -0.1) is 11.8 Å². The third kappa shape index (κ3) is 3.51. The summed E-state index contributed by atoms with van der Waals surface area (Å²) in [5, 5.41) is 0. The van der Waals surface area contributed by atoms with Gasteiger partial charge >= 0.3 is 5.97 Å². The van der Waals surface area contributed by atoms with Crippen molar-refractivity contribution in [3.63, 3.8) is 0 Å². The monoisotopic (exact) mass is 288 g/mol. The number of thioether (sulfide) groups is 1. The molecule has 0 aliphatic heterocycles. The van der Waals surface area contributed by atoms with Crippen LogP contribution < -0.4 is 5.73 Å². The van der Waals surface area contributed by atoms with E-state index in [0.29, 0.717) is 11.3 Å². The van der Waals surface area contributed by atoms with E-state index in [2.05, 4.69) is 9.72 Å². The number of nitrogen functional groups attached to an aromatic ring is 1. The summed E-state index contributed by atoms with van der Waals surface area (Å²) in [5.74, 6) is 0.328. The Kier molecular flexibility index (Phi) is 4.63. The van der Waals surface area contributed by atoms with Crippen LogP contribution in [0, 0.1) is 6.92 Å². The molecule has 0 fully saturated rings. The molecule has 2 rings (SSSR count). The Labute approximate surface area is 122 Å². The molecule has 2 aromatic rings. The number of carbonyl (C=O) groups is 1. The number of nitrogens with zero attached hydrogens (tertiary/aromatic N) is 1. The summed E-state index contributed by atoms with van der Waals surface area (Å²) in [6, 6.07) is 9.54. The molecule has 0 aliphatic rings. The van der Waals surface area contributed by atoms with Gasteiger partial charge in [0.1, 0.15) is 0 Å². The van der Waals surface area contributed by atoms with Crippen LogP contribution in [0.2, 0.25) is 0 Å². The summed E-state index contributed by atoms with van der Waals surface area (Å²) in [4.78, 5) is 16.6. The predicted octanol–water partition coefficient (Wildman–Crippen LogP) is 3.05. The number of pyridine rings is 1. The number of ether oxygens (including phenoxy) is 1. The lowest BCUT2D eigenvalue weighted by Crippen LogP contribution is -2.02. The van der Waals surface area contributed by atoms with Crippen molar-refractivity contribution in [3.8, 4) is 0 Å². The number of methoxy groups -OCH3 is 1. The lowest BCUT2D eigenvalue weighted by atomic mass is 10.2. The first-order valence-electron chi connectivity index (χ1n) is 6.12. The standard InChI is InChI=1S/C15H16N2O2S/c1-10-3-6-14(13(16)7-10)20-9-12-5-4-11(8-17-12)15(18)19-2/h3-8H,9,16H2,1-2H3. The molecule has 4 nitrogen and oxygen atoms in total. The number of anilines is 1. The number of rotatable bonds is 4. The minimum Gasteiger partial charge on any atom is -0.465 e. The first-order chi connectivity index (χ1) is 9.60. The van der Waals surface area contributed by atoms with Crippen LogP contribution in [0.1, 0.15) is 21.6 Å². The zero-order valence-electron chi connectivity index (χ0n) is 11.4. The number of hydrogen-bond acceptors (Lipinski definition) is 5. The van der Waals surface area contributed by atoms with Crippen molar-refractivity contribution in [1.29, 1.82) is 0 Å². The van der Waals surface area contributed by atoms with Crippen molar-refractivity contribution in [3.05, 3.63) is 53.3 Å². The van der Waals surface area contributed by atoms with Crippen LogP contribution in [0.5, 0.6) is 0 Å². The zero-order valence-corrected chi connectivity index (χ0v) is 12.2. The highest BCUT2D eigenvalue weighted by molar-refractivity contribution is 7.98. The molecule has 0 atom stereocenters. The molecule has 20 heavy (non-hydrogen) atoms. The first kappa shape index (κ1) is 14.4. The van der Waals surface area contributed by atoms with Gasteiger partial charge in [-0.3, -0.25) is 4.98 Å². The van der Waals surface area contributed by atoms with E-state index < -0.39 is 0 Å². The van der Waals surface area contributed by atoms with Gasteiger partial charge in [-0.25, -0.2) is 4.79 Å². The van der Waals surface area contributed by atoms with Crippen LogP contribution in [0.4, 0.5) is 5.69 Å². The molecule has 0 radical (unpaired) electrons. The number of hydrogen-bond donors (Lipinski definition) is 1. The smallest absolute Gasteiger partial charge is 0.339 e. The molecular formula is C15H16N2O2S. The fourth-order valence-electron chi connectivity index (χ4n) is 1.70. The van der Waals surface area contributed by atoms with Gasteiger partial charge < -0.3 is 10.5 Å². The Morgan fingerprint density at radius 3 is 2.75 bits per heavy atom. The SMILES string of the molecule is COC(=O)c1ccc(CSc2ccc(C)cc2N)nc1. The van der Waals surface area contributed by atoms with Gasteiger partial charge in [0.15, 0.2) is 0 Å². The zero-order chi connectivity index (χ0) is 14.5. The van der Waals surface area contributed by atoms with E-state index >= 15 is 0 Å². The number of benzene rings is 1. The molecule has 0 saturated carbocycles. The second kappa shape index (κ2) is 6.43. The van der Waals surface area contributed by atoms with E-state index in [4.69, 9.17) is 5.73 Å². The minimum absolute atomic E-state index is 0.375. The van der Waals surface area contributed by atoms with Crippen molar-refractivity contribution in [1.82, 2.24) is 4.98 Å². The number of nitrogens with two attached hydrogens (primary N) is 1. The van der Waals surface area contributed by atoms with Crippen molar-refractivity contribution >= 4 is 23.4 Å². The van der Waals surface area contributed by atoms with E-state index in [-0.39, 0.29) is 5.97 Å². The van der Waals surface area contributed by atoms with Crippen LogP contribution in [0.15, 0.2) is 41.4 Å². The summed E-state index contributed by atoms with van der Waals surface area (Å²) in [6.07, 6.45) is 1.53. The summed E-state index contributed by atoms with van der Waals surface area (Å²) in [6.45, 7) is 2.01. The Morgan fingerprint density at radius 2 is 2.15 bits per heavy atom. The third-order valence-electron chi connectivity index (χ3n) is 2.79. The van der Waals surface area contributed by atoms with Gasteiger partial charge in [-0.1, -0.05) is 6.07 Å². The average molecular weight is 288 g/mol. The maximum atomic E-state index is 11.3. The maximum Gasteiger partial charge on any atom is 0.339 e. The molecule has 0 aliphatic carbocycles. The van der Waals surface area contributed by atoms with Crippen LogP contribution in [0.3, 0.4) is 0 Å². The first-order valence-corrected chi connectivity index (χ1v) is 7.11. The summed E-state index contributed by atoms with van der Waals surface area (Å²) >= 11 is 1.63. The van der Waals surface area contributed by atoms with E-state index in [1.165, 1.54) is 13.3 Å². The molecule has 1 aromatic carbocycles. The lowest BCUT2D eigenvalue weighted by Gasteiger charge is -2.06. The Hall–Kier alpha value is -2.01. The molecular weight excluding hydrogens is 272 g/mol. The fraction of sp³-hybridized carbons (Fsp3) is 0.200. The number of esters is 1. The molecule has 104 valence electrons. The van der Waals surface area contributed by atoms with Gasteiger partial charge in [0, 0.05) is 22.5 Å². The van der Waals surface area contributed by atoms with Crippen molar-refractivity contribution in [2.45, 2.75) is 17.6 Å². The highest BCUT2D eigenvalue weighted by Gasteiger charge is 2.06. The number of aromatic nitrogens is 1. The van der Waals surface area contributed by atoms with Gasteiger partial charge in [0.2, 0.25) is 0 Å². The van der Waals surface area contributed by atoms with Crippen molar-refractivity contribution < 1.29 is 9.53 Å². The van der Waals surface area contributed by atoms with E-state index in [1.807, 2.05) is 31.2 Å². The van der Waals surface area contributed by atoms with Crippen LogP contribution in [-0.4, -0.2) is 18.1 Å². The predicted molar refractivity (Wildman–Crippen MR) is 80.7 cm³/mol. The highest BCUT2D eigenvalue weighted by Crippen LogP contribution is 2.28. The van der Waals surface area contributed by atoms with E-state index in [9.17, 15) is 4.79 Å². The molecule has 0 bridgehead atoms. The molecule has 1 aromatic heterocycles. The topological polar surface area (TPSA) is 65.2 Å². The normalized spacial score (nSPS) is 10.3. The third-order valence-corrected chi connectivity index (χ3v) is 3.91. The van der Waals surface area contributed by atoms with Crippen LogP contribution in [-0.2, 0) is 10.5 Å². The highest BCUT2D eigenvalue weighted by atomic mass is 32.2. The molecule has 2 N–H and O–H groups in total. The Bertz CT molecular complexity index is 612. The second-order valence-electron chi connectivity index (χ2n) is 4.36. The van der Waals surface area contributed by atoms with Crippen LogP contribution in [0.25, 0.3) is 0 Å². The molecule has 0 saturated heterocycles. The molecule has 0 amide bonds. The fourth-order valence-corrected chi connectivity index (χ4v) is 2.56. The largest absolute Gasteiger partial charge is 0.465 e. The van der Waals surface area contributed by atoms with Gasteiger partial charge in [-0.05, 0) is 36.8 Å². The minimum atomic E-state index is -0.375. The molecule has 0 unspecified atom stereocenters. The number of carbonyl (C=O) groups excluding carboxylic acids is 1. The van der Waals surface area contributed by atoms with Gasteiger partial charge in [-0.2, -0.15) is 0 Å². The van der Waals surface area contributed by atoms with E-state index in [0.717, 1.165) is 21.8 Å². The Balaban J connectivity index is 2.02. The van der Waals surface area contributed by atoms with Crippen molar-refractivity contribution in [2.75, 3.05) is 12.8 Å². The summed E-state index contributed by atoms with van der Waals surface area (Å²) in [7, 11) is 1.35. The van der Waals surface area contributed by atoms with Crippen LogP contribution >= 0.6 is 11.8 Å². The summed E-state index contributed by atoms with van der Waals surface area (Å²) < 4.78 is 4.63. The number of aryl methyl sites for hydroxylation is 1. The molecule has 5 heteroatoms. The van der Waals surface area contributed by atoms with Crippen molar-refractivity contribution in [2.24, 2.45) is 0 Å². The van der Waals surface area contributed by atoms with E-state index in [1.54, 1.807) is 17.8 Å². The maximum absolute atomic E-state index is 11.3. The molecule has 1 heterocycles. The molecule has 0 spiro atoms.